The molecule has 14 rings (SSSR count). The molecule has 0 unspecified atom stereocenters. The maximum absolute atomic E-state index is 6.93. The largest absolute Gasteiger partial charge is 0.456 e. The third-order valence-corrected chi connectivity index (χ3v) is 20.8. The number of anilines is 5. The first kappa shape index (κ1) is 44.9. The van der Waals surface area contributed by atoms with Crippen LogP contribution >= 0.6 is 11.3 Å². The predicted molar refractivity (Wildman–Crippen MR) is 311 cm³/mol. The fraction of sp³-hybridized carbons (Fsp3) is 0.373. The molecular formula is C67H69BN2OS. The third-order valence-electron chi connectivity index (χ3n) is 19.5. The molecule has 0 saturated carbocycles. The van der Waals surface area contributed by atoms with Crippen molar-refractivity contribution in [2.45, 2.75) is 161 Å². The molecule has 9 aromatic rings. The Labute approximate surface area is 431 Å². The van der Waals surface area contributed by atoms with Gasteiger partial charge in [0, 0.05) is 59.4 Å². The van der Waals surface area contributed by atoms with Crippen molar-refractivity contribution in [2.24, 2.45) is 0 Å². The molecule has 5 aliphatic rings. The minimum atomic E-state index is -0.134. The summed E-state index contributed by atoms with van der Waals surface area (Å²) in [6.45, 7) is 32.0. The monoisotopic (exact) mass is 961 g/mol. The average Bonchev–Trinajstić information content (AvgIpc) is 3.92. The van der Waals surface area contributed by atoms with E-state index in [1.54, 1.807) is 0 Å². The number of hydrogen-bond donors (Lipinski definition) is 0. The fourth-order valence-electron chi connectivity index (χ4n) is 14.8. The van der Waals surface area contributed by atoms with Crippen LogP contribution in [0.4, 0.5) is 28.4 Å². The van der Waals surface area contributed by atoms with Crippen LogP contribution in [-0.4, -0.2) is 6.85 Å². The molecule has 2 aliphatic heterocycles. The third kappa shape index (κ3) is 5.98. The van der Waals surface area contributed by atoms with Gasteiger partial charge in [0.05, 0.1) is 11.1 Å². The van der Waals surface area contributed by atoms with Crippen molar-refractivity contribution in [3.05, 3.63) is 148 Å². The van der Waals surface area contributed by atoms with Crippen molar-refractivity contribution in [1.29, 1.82) is 0 Å². The van der Waals surface area contributed by atoms with Gasteiger partial charge >= 0.3 is 6.85 Å². The number of para-hydroxylation sites is 1. The van der Waals surface area contributed by atoms with E-state index in [1.807, 2.05) is 11.3 Å². The van der Waals surface area contributed by atoms with Crippen LogP contribution in [0.1, 0.15) is 161 Å². The van der Waals surface area contributed by atoms with Crippen molar-refractivity contribution >= 4 is 99.7 Å². The molecule has 72 heavy (non-hydrogen) atoms. The molecule has 3 nitrogen and oxygen atoms in total. The summed E-state index contributed by atoms with van der Waals surface area (Å²) in [6, 6.07) is 43.5. The van der Waals surface area contributed by atoms with E-state index in [0.717, 1.165) is 29.4 Å². The maximum atomic E-state index is 6.93. The molecule has 0 saturated heterocycles. The Kier molecular flexibility index (Phi) is 8.91. The van der Waals surface area contributed by atoms with Crippen molar-refractivity contribution in [3.8, 4) is 11.1 Å². The second-order valence-electron chi connectivity index (χ2n) is 26.9. The Balaban J connectivity index is 1.19. The van der Waals surface area contributed by atoms with E-state index in [2.05, 4.69) is 209 Å². The Bertz CT molecular complexity index is 3870. The summed E-state index contributed by atoms with van der Waals surface area (Å²) < 4.78 is 9.67. The van der Waals surface area contributed by atoms with Gasteiger partial charge in [-0.15, -0.1) is 11.3 Å². The van der Waals surface area contributed by atoms with Crippen molar-refractivity contribution < 1.29 is 4.42 Å². The minimum Gasteiger partial charge on any atom is -0.456 e. The minimum absolute atomic E-state index is 0.0257. The molecule has 0 radical (unpaired) electrons. The van der Waals surface area contributed by atoms with Gasteiger partial charge in [0.2, 0.25) is 0 Å². The zero-order valence-electron chi connectivity index (χ0n) is 44.9. The highest BCUT2D eigenvalue weighted by atomic mass is 32.1. The van der Waals surface area contributed by atoms with Crippen LogP contribution in [0.3, 0.4) is 0 Å². The van der Waals surface area contributed by atoms with Crippen LogP contribution in [0.5, 0.6) is 0 Å². The van der Waals surface area contributed by atoms with E-state index >= 15 is 0 Å². The van der Waals surface area contributed by atoms with E-state index in [-0.39, 0.29) is 39.3 Å². The highest BCUT2D eigenvalue weighted by Crippen LogP contribution is 2.59. The molecular weight excluding hydrogens is 892 g/mol. The second kappa shape index (κ2) is 14.3. The van der Waals surface area contributed by atoms with Gasteiger partial charge in [0.15, 0.2) is 0 Å². The van der Waals surface area contributed by atoms with E-state index in [1.165, 1.54) is 141 Å². The van der Waals surface area contributed by atoms with E-state index in [0.29, 0.717) is 0 Å². The topological polar surface area (TPSA) is 19.6 Å². The smallest absolute Gasteiger partial charge is 0.333 e. The SMILES string of the molecule is Cc1cc2c(cc1N1c3cc4c(sc5ccccc54)c4c3B(c3ccc5oc6ccccc6c5c31)N(c1ccc3c(c1)C(C)(C)CCC3(C)C)c1cc3c(cc1-4)C(C)(C)CCC3(C)C)C(C)(C)CCC2(C)C. The summed E-state index contributed by atoms with van der Waals surface area (Å²) >= 11 is 1.99. The molecule has 362 valence electrons. The normalized spacial score (nSPS) is 20.3. The lowest BCUT2D eigenvalue weighted by molar-refractivity contribution is 0.332. The summed E-state index contributed by atoms with van der Waals surface area (Å²) in [5, 5.41) is 5.02. The number of fused-ring (bicyclic) bond motifs is 15. The van der Waals surface area contributed by atoms with E-state index < -0.39 is 0 Å². The molecule has 0 N–H and O–H groups in total. The number of aryl methyl sites for hydroxylation is 1. The zero-order chi connectivity index (χ0) is 50.0. The molecule has 3 aliphatic carbocycles. The van der Waals surface area contributed by atoms with Gasteiger partial charge in [-0.05, 0) is 182 Å². The van der Waals surface area contributed by atoms with Crippen LogP contribution in [0.15, 0.2) is 114 Å². The maximum Gasteiger partial charge on any atom is 0.333 e. The quantitative estimate of drug-likeness (QED) is 0.161. The number of nitrogens with zero attached hydrogens (tertiary/aromatic N) is 2. The van der Waals surface area contributed by atoms with Crippen LogP contribution in [0, 0.1) is 6.92 Å². The summed E-state index contributed by atoms with van der Waals surface area (Å²) in [7, 11) is 0. The first-order valence-corrected chi connectivity index (χ1v) is 27.9. The highest BCUT2D eigenvalue weighted by Gasteiger charge is 2.50. The Morgan fingerprint density at radius 1 is 0.486 bits per heavy atom. The van der Waals surface area contributed by atoms with Crippen molar-refractivity contribution in [3.63, 3.8) is 0 Å². The van der Waals surface area contributed by atoms with E-state index in [4.69, 9.17) is 4.42 Å². The van der Waals surface area contributed by atoms with Gasteiger partial charge in [-0.1, -0.05) is 138 Å². The Morgan fingerprint density at radius 2 is 1.04 bits per heavy atom. The van der Waals surface area contributed by atoms with Gasteiger partial charge in [0.25, 0.3) is 0 Å². The summed E-state index contributed by atoms with van der Waals surface area (Å²) in [4.78, 5) is 5.56. The van der Waals surface area contributed by atoms with Gasteiger partial charge in [-0.2, -0.15) is 0 Å². The Morgan fingerprint density at radius 3 is 1.71 bits per heavy atom. The fourth-order valence-corrected chi connectivity index (χ4v) is 16.0. The van der Waals surface area contributed by atoms with Gasteiger partial charge in [0.1, 0.15) is 11.2 Å². The Hall–Kier alpha value is -5.78. The van der Waals surface area contributed by atoms with Crippen LogP contribution < -0.4 is 20.6 Å². The van der Waals surface area contributed by atoms with Crippen LogP contribution in [0.2, 0.25) is 0 Å². The molecule has 2 aromatic heterocycles. The van der Waals surface area contributed by atoms with Crippen LogP contribution in [-0.2, 0) is 32.5 Å². The van der Waals surface area contributed by atoms with Gasteiger partial charge < -0.3 is 14.1 Å². The number of benzene rings is 7. The molecule has 0 fully saturated rings. The molecule has 0 amide bonds. The van der Waals surface area contributed by atoms with Gasteiger partial charge in [-0.3, -0.25) is 0 Å². The molecule has 0 atom stereocenters. The summed E-state index contributed by atoms with van der Waals surface area (Å²) in [5.74, 6) is 0. The molecule has 4 heterocycles. The first-order valence-electron chi connectivity index (χ1n) is 27.1. The zero-order valence-corrected chi connectivity index (χ0v) is 45.7. The molecule has 0 bridgehead atoms. The van der Waals surface area contributed by atoms with Crippen LogP contribution in [0.25, 0.3) is 53.2 Å². The molecule has 0 spiro atoms. The summed E-state index contributed by atoms with van der Waals surface area (Å²) in [6.07, 6.45) is 7.03. The lowest BCUT2D eigenvalue weighted by atomic mass is 9.43. The number of hydrogen-bond acceptors (Lipinski definition) is 4. The highest BCUT2D eigenvalue weighted by molar-refractivity contribution is 7.26. The lowest BCUT2D eigenvalue weighted by Crippen LogP contribution is -2.61. The number of furan rings is 1. The predicted octanol–water partition coefficient (Wildman–Crippen LogP) is 18.0. The summed E-state index contributed by atoms with van der Waals surface area (Å²) in [5.41, 5.74) is 24.3. The second-order valence-corrected chi connectivity index (χ2v) is 27.9. The van der Waals surface area contributed by atoms with E-state index in [9.17, 15) is 0 Å². The standard InChI is InChI=1S/C67H69BN2OS/c1-38-32-45-48(66(10,11)30-28-63(45,4)5)36-51(38)69-53-35-42-40-18-15-17-21-56(40)72-61(42)58-43-34-47-49(67(12,13)31-29-65(47,8)9)37-52(43)70(39-22-23-44-46(33-39)64(6,7)27-26-62(44,2)3)68(59(53)58)50-24-25-55-57(60(50)69)41-19-14-16-20-54(41)71-55/h14-25,32-37H,26-31H2,1-13H3. The van der Waals surface area contributed by atoms with Gasteiger partial charge in [-0.25, -0.2) is 0 Å². The van der Waals surface area contributed by atoms with Crippen molar-refractivity contribution in [1.82, 2.24) is 0 Å². The molecule has 7 aromatic carbocycles. The number of thiophene rings is 1. The number of rotatable bonds is 2. The average molecular weight is 961 g/mol. The molecule has 5 heteroatoms. The first-order chi connectivity index (χ1) is 34.1. The lowest BCUT2D eigenvalue weighted by Gasteiger charge is -2.49. The van der Waals surface area contributed by atoms with Crippen molar-refractivity contribution in [2.75, 3.05) is 9.71 Å².